The van der Waals surface area contributed by atoms with E-state index in [0.29, 0.717) is 32.4 Å². The fourth-order valence-corrected chi connectivity index (χ4v) is 5.36. The molecule has 2 atom stereocenters. The zero-order valence-electron chi connectivity index (χ0n) is 21.6. The van der Waals surface area contributed by atoms with Crippen molar-refractivity contribution in [2.24, 2.45) is 0 Å². The number of thiophene rings is 1. The number of nitrogens with zero attached hydrogens (tertiary/aromatic N) is 3. The summed E-state index contributed by atoms with van der Waals surface area (Å²) < 4.78 is 11.1. The van der Waals surface area contributed by atoms with Crippen molar-refractivity contribution >= 4 is 34.9 Å². The molecule has 1 saturated heterocycles. The summed E-state index contributed by atoms with van der Waals surface area (Å²) in [7, 11) is 1.78. The average Bonchev–Trinajstić information content (AvgIpc) is 3.30. The molecule has 37 heavy (non-hydrogen) atoms. The van der Waals surface area contributed by atoms with Crippen molar-refractivity contribution in [3.8, 4) is 16.5 Å². The van der Waals surface area contributed by atoms with Crippen LogP contribution < -0.4 is 10.2 Å². The van der Waals surface area contributed by atoms with Crippen LogP contribution in [0.4, 0.5) is 10.5 Å². The Morgan fingerprint density at radius 3 is 2.81 bits per heavy atom. The zero-order valence-corrected chi connectivity index (χ0v) is 22.4. The highest BCUT2D eigenvalue weighted by Gasteiger charge is 2.31. The molecule has 2 aliphatic heterocycles. The van der Waals surface area contributed by atoms with Crippen molar-refractivity contribution in [2.45, 2.75) is 57.8 Å². The lowest BCUT2D eigenvalue weighted by atomic mass is 10.1. The van der Waals surface area contributed by atoms with Crippen molar-refractivity contribution in [3.63, 3.8) is 0 Å². The first-order valence-corrected chi connectivity index (χ1v) is 13.1. The van der Waals surface area contributed by atoms with E-state index in [1.807, 2.05) is 30.3 Å². The molecule has 0 bridgehead atoms. The lowest BCUT2D eigenvalue weighted by Gasteiger charge is -2.27. The van der Waals surface area contributed by atoms with Gasteiger partial charge in [-0.1, -0.05) is 12.1 Å². The Morgan fingerprint density at radius 1 is 1.30 bits per heavy atom. The van der Waals surface area contributed by atoms with Gasteiger partial charge in [0.25, 0.3) is 5.91 Å². The summed E-state index contributed by atoms with van der Waals surface area (Å²) >= 11 is 1.55. The molecule has 1 aromatic heterocycles. The molecule has 4 rings (SSSR count). The molecule has 1 aromatic carbocycles. The van der Waals surface area contributed by atoms with Crippen LogP contribution in [0.3, 0.4) is 0 Å². The van der Waals surface area contributed by atoms with E-state index in [-0.39, 0.29) is 12.5 Å². The number of ether oxygens (including phenoxy) is 2. The smallest absolute Gasteiger partial charge is 0.410 e. The van der Waals surface area contributed by atoms with Crippen LogP contribution in [-0.4, -0.2) is 67.3 Å². The average molecular weight is 525 g/mol. The molecule has 2 aliphatic rings. The minimum Gasteiger partial charge on any atom is -0.444 e. The lowest BCUT2D eigenvalue weighted by Crippen LogP contribution is -2.48. The summed E-state index contributed by atoms with van der Waals surface area (Å²) in [5.74, 6) is -0.344. The molecule has 0 spiro atoms. The first kappa shape index (κ1) is 26.6. The van der Waals surface area contributed by atoms with Crippen LogP contribution in [0.1, 0.15) is 37.6 Å². The highest BCUT2D eigenvalue weighted by Crippen LogP contribution is 2.35. The van der Waals surface area contributed by atoms with Gasteiger partial charge in [0.2, 0.25) is 5.91 Å². The standard InChI is InChI=1S/C27H32N4O5S/c1-27(2,3)36-26(34)31-10-5-11-35-22(16-31)25(33)29-19(15-28)14-20-8-9-23(37-20)18-7-6-17-13-24(32)30(4)21(17)12-18/h6-9,12,19,22H,5,10-11,13-14,16H2,1-4H3,(H,29,33)/t19-,22-/m0/s1. The molecule has 1 fully saturated rings. The van der Waals surface area contributed by atoms with Crippen molar-refractivity contribution in [2.75, 3.05) is 31.6 Å². The largest absolute Gasteiger partial charge is 0.444 e. The molecule has 0 unspecified atom stereocenters. The first-order valence-electron chi connectivity index (χ1n) is 12.3. The molecule has 0 radical (unpaired) electrons. The van der Waals surface area contributed by atoms with E-state index < -0.39 is 29.7 Å². The van der Waals surface area contributed by atoms with Gasteiger partial charge in [0, 0.05) is 42.1 Å². The van der Waals surface area contributed by atoms with Crippen LogP contribution in [0, 0.1) is 11.3 Å². The number of carbonyl (C=O) groups is 3. The van der Waals surface area contributed by atoms with Crippen LogP contribution in [0.25, 0.3) is 10.4 Å². The van der Waals surface area contributed by atoms with Crippen LogP contribution in [-0.2, 0) is 31.9 Å². The number of rotatable bonds is 5. The molecule has 0 saturated carbocycles. The molecule has 3 heterocycles. The van der Waals surface area contributed by atoms with Gasteiger partial charge in [-0.15, -0.1) is 11.3 Å². The minimum atomic E-state index is -0.879. The number of nitrogens with one attached hydrogen (secondary N) is 1. The Hall–Kier alpha value is -3.42. The Kier molecular flexibility index (Phi) is 7.85. The molecule has 0 aliphatic carbocycles. The Balaban J connectivity index is 1.38. The summed E-state index contributed by atoms with van der Waals surface area (Å²) in [4.78, 5) is 42.6. The number of nitriles is 1. The highest BCUT2D eigenvalue weighted by atomic mass is 32.1. The SMILES string of the molecule is CN1C(=O)Cc2ccc(-c3ccc(C[C@@H](C#N)NC(=O)[C@@H]4CN(C(=O)OC(C)(C)C)CCCO4)s3)cc21. The molecule has 10 heteroatoms. The van der Waals surface area contributed by atoms with Crippen molar-refractivity contribution in [1.29, 1.82) is 5.26 Å². The number of fused-ring (bicyclic) bond motifs is 1. The molecule has 2 aromatic rings. The minimum absolute atomic E-state index is 0.0668. The second-order valence-corrected chi connectivity index (χ2v) is 11.4. The van der Waals surface area contributed by atoms with Crippen molar-refractivity contribution in [1.82, 2.24) is 10.2 Å². The maximum atomic E-state index is 13.0. The molecular weight excluding hydrogens is 492 g/mol. The van der Waals surface area contributed by atoms with E-state index in [9.17, 15) is 19.6 Å². The Morgan fingerprint density at radius 2 is 2.08 bits per heavy atom. The summed E-state index contributed by atoms with van der Waals surface area (Å²) in [6.07, 6.45) is -0.00337. The van der Waals surface area contributed by atoms with Gasteiger partial charge in [-0.3, -0.25) is 9.59 Å². The number of hydrogen-bond donors (Lipinski definition) is 1. The third-order valence-electron chi connectivity index (χ3n) is 6.21. The van der Waals surface area contributed by atoms with E-state index in [2.05, 4.69) is 11.4 Å². The Labute approximate surface area is 220 Å². The van der Waals surface area contributed by atoms with Gasteiger partial charge in [-0.25, -0.2) is 4.79 Å². The van der Waals surface area contributed by atoms with Crippen LogP contribution in [0.15, 0.2) is 30.3 Å². The van der Waals surface area contributed by atoms with Crippen molar-refractivity contribution < 1.29 is 23.9 Å². The van der Waals surface area contributed by atoms with E-state index in [0.717, 1.165) is 26.6 Å². The van der Waals surface area contributed by atoms with E-state index >= 15 is 0 Å². The number of carbonyl (C=O) groups excluding carboxylic acids is 3. The van der Waals surface area contributed by atoms with Gasteiger partial charge in [0.15, 0.2) is 6.10 Å². The second kappa shape index (κ2) is 10.9. The van der Waals surface area contributed by atoms with Crippen LogP contribution in [0.2, 0.25) is 0 Å². The number of benzene rings is 1. The molecular formula is C27H32N4O5S. The van der Waals surface area contributed by atoms with Gasteiger partial charge in [0.1, 0.15) is 11.6 Å². The number of likely N-dealkylation sites (N-methyl/N-ethyl adjacent to an activating group) is 1. The van der Waals surface area contributed by atoms with E-state index in [4.69, 9.17) is 9.47 Å². The topological polar surface area (TPSA) is 112 Å². The zero-order chi connectivity index (χ0) is 26.7. The van der Waals surface area contributed by atoms with Gasteiger partial charge < -0.3 is 24.6 Å². The number of amides is 3. The second-order valence-electron chi connectivity index (χ2n) is 10.3. The summed E-state index contributed by atoms with van der Waals surface area (Å²) in [5, 5.41) is 12.5. The Bertz CT molecular complexity index is 1230. The van der Waals surface area contributed by atoms with Gasteiger partial charge >= 0.3 is 6.09 Å². The molecule has 1 N–H and O–H groups in total. The fraction of sp³-hybridized carbons (Fsp3) is 0.481. The molecule has 3 amide bonds. The monoisotopic (exact) mass is 524 g/mol. The maximum Gasteiger partial charge on any atom is 0.410 e. The maximum absolute atomic E-state index is 13.0. The van der Waals surface area contributed by atoms with Gasteiger partial charge in [0.05, 0.1) is 19.0 Å². The van der Waals surface area contributed by atoms with Gasteiger partial charge in [-0.05, 0) is 56.5 Å². The third-order valence-corrected chi connectivity index (χ3v) is 7.36. The number of anilines is 1. The molecule has 9 nitrogen and oxygen atoms in total. The van der Waals surface area contributed by atoms with Crippen LogP contribution in [0.5, 0.6) is 0 Å². The molecule has 196 valence electrons. The first-order chi connectivity index (χ1) is 17.5. The van der Waals surface area contributed by atoms with E-state index in [1.54, 1.807) is 44.1 Å². The number of hydrogen-bond acceptors (Lipinski definition) is 7. The lowest BCUT2D eigenvalue weighted by molar-refractivity contribution is -0.133. The van der Waals surface area contributed by atoms with E-state index in [1.165, 1.54) is 4.90 Å². The van der Waals surface area contributed by atoms with Crippen molar-refractivity contribution in [3.05, 3.63) is 40.8 Å². The normalized spacial score (nSPS) is 18.6. The fourth-order valence-electron chi connectivity index (χ4n) is 4.31. The summed E-state index contributed by atoms with van der Waals surface area (Å²) in [6.45, 7) is 6.22. The van der Waals surface area contributed by atoms with Gasteiger partial charge in [-0.2, -0.15) is 5.26 Å². The predicted molar refractivity (Wildman–Crippen MR) is 140 cm³/mol. The summed E-state index contributed by atoms with van der Waals surface area (Å²) in [6, 6.07) is 11.4. The third kappa shape index (κ3) is 6.48. The highest BCUT2D eigenvalue weighted by molar-refractivity contribution is 7.15. The van der Waals surface area contributed by atoms with Crippen LogP contribution >= 0.6 is 11.3 Å². The predicted octanol–water partition coefficient (Wildman–Crippen LogP) is 3.51. The summed E-state index contributed by atoms with van der Waals surface area (Å²) in [5.41, 5.74) is 2.30. The quantitative estimate of drug-likeness (QED) is 0.641.